The maximum Gasteiger partial charge on any atom is 0.322 e. The number of rotatable bonds is 2. The molecule has 4 nitrogen and oxygen atoms in total. The zero-order valence-corrected chi connectivity index (χ0v) is 13.2. The molecule has 2 aromatic carbocycles. The van der Waals surface area contributed by atoms with Crippen molar-refractivity contribution in [3.8, 4) is 5.75 Å². The predicted molar refractivity (Wildman–Crippen MR) is 90.0 cm³/mol. The van der Waals surface area contributed by atoms with E-state index in [4.69, 9.17) is 4.74 Å². The fourth-order valence-corrected chi connectivity index (χ4v) is 3.53. The number of amides is 2. The first-order valence-electron chi connectivity index (χ1n) is 8.12. The normalized spacial score (nSPS) is 21.5. The smallest absolute Gasteiger partial charge is 0.322 e. The molecular weight excluding hydrogens is 288 g/mol. The molecule has 0 bridgehead atoms. The average Bonchev–Trinajstić information content (AvgIpc) is 3.12. The molecule has 2 aliphatic rings. The Labute approximate surface area is 136 Å². The van der Waals surface area contributed by atoms with Crippen molar-refractivity contribution in [3.63, 3.8) is 0 Å². The molecule has 0 saturated heterocycles. The van der Waals surface area contributed by atoms with Gasteiger partial charge in [0.25, 0.3) is 0 Å². The molecule has 0 spiro atoms. The van der Waals surface area contributed by atoms with Crippen molar-refractivity contribution in [1.29, 1.82) is 0 Å². The Morgan fingerprint density at radius 3 is 2.70 bits per heavy atom. The lowest BCUT2D eigenvalue weighted by Gasteiger charge is -2.24. The zero-order valence-electron chi connectivity index (χ0n) is 13.2. The SMILES string of the molecule is CC1Cc2ccccc2N1C(=O)NCC1Cc2ccccc2O1. The first kappa shape index (κ1) is 14.1. The summed E-state index contributed by atoms with van der Waals surface area (Å²) < 4.78 is 5.88. The summed E-state index contributed by atoms with van der Waals surface area (Å²) in [7, 11) is 0. The van der Waals surface area contributed by atoms with Gasteiger partial charge in [-0.1, -0.05) is 36.4 Å². The largest absolute Gasteiger partial charge is 0.488 e. The van der Waals surface area contributed by atoms with E-state index in [0.717, 1.165) is 24.3 Å². The molecular formula is C19H20N2O2. The highest BCUT2D eigenvalue weighted by Crippen LogP contribution is 2.32. The van der Waals surface area contributed by atoms with E-state index < -0.39 is 0 Å². The molecule has 0 radical (unpaired) electrons. The second-order valence-corrected chi connectivity index (χ2v) is 6.29. The first-order valence-corrected chi connectivity index (χ1v) is 8.12. The molecule has 2 atom stereocenters. The van der Waals surface area contributed by atoms with E-state index in [0.29, 0.717) is 6.54 Å². The van der Waals surface area contributed by atoms with Crippen molar-refractivity contribution in [2.24, 2.45) is 0 Å². The van der Waals surface area contributed by atoms with Gasteiger partial charge in [0.15, 0.2) is 0 Å². The van der Waals surface area contributed by atoms with Gasteiger partial charge in [0.2, 0.25) is 0 Å². The van der Waals surface area contributed by atoms with Gasteiger partial charge >= 0.3 is 6.03 Å². The van der Waals surface area contributed by atoms with E-state index in [1.807, 2.05) is 41.3 Å². The number of fused-ring (bicyclic) bond motifs is 2. The van der Waals surface area contributed by atoms with E-state index in [-0.39, 0.29) is 18.2 Å². The summed E-state index contributed by atoms with van der Waals surface area (Å²) >= 11 is 0. The topological polar surface area (TPSA) is 41.6 Å². The lowest BCUT2D eigenvalue weighted by Crippen LogP contribution is -2.46. The van der Waals surface area contributed by atoms with Crippen LogP contribution >= 0.6 is 0 Å². The molecule has 2 aromatic rings. The number of carbonyl (C=O) groups is 1. The van der Waals surface area contributed by atoms with Gasteiger partial charge in [0.05, 0.1) is 6.54 Å². The molecule has 0 fully saturated rings. The molecule has 1 N–H and O–H groups in total. The number of benzene rings is 2. The van der Waals surface area contributed by atoms with E-state index in [1.165, 1.54) is 11.1 Å². The van der Waals surface area contributed by atoms with Crippen LogP contribution in [0.2, 0.25) is 0 Å². The van der Waals surface area contributed by atoms with E-state index in [2.05, 4.69) is 24.4 Å². The standard InChI is InChI=1S/C19H20N2O2/c1-13-10-14-6-2-4-8-17(14)21(13)19(22)20-12-16-11-15-7-3-5-9-18(15)23-16/h2-9,13,16H,10-12H2,1H3,(H,20,22). The number of ether oxygens (including phenoxy) is 1. The van der Waals surface area contributed by atoms with Crippen LogP contribution in [0.4, 0.5) is 10.5 Å². The number of nitrogens with zero attached hydrogens (tertiary/aromatic N) is 1. The molecule has 0 aliphatic carbocycles. The predicted octanol–water partition coefficient (Wildman–Crippen LogP) is 3.15. The highest BCUT2D eigenvalue weighted by Gasteiger charge is 2.31. The van der Waals surface area contributed by atoms with Gasteiger partial charge in [-0.2, -0.15) is 0 Å². The zero-order chi connectivity index (χ0) is 15.8. The number of nitrogens with one attached hydrogen (secondary N) is 1. The van der Waals surface area contributed by atoms with Crippen LogP contribution in [0, 0.1) is 0 Å². The molecule has 4 rings (SSSR count). The third kappa shape index (κ3) is 2.54. The summed E-state index contributed by atoms with van der Waals surface area (Å²) in [5, 5.41) is 3.03. The summed E-state index contributed by atoms with van der Waals surface area (Å²) in [6.07, 6.45) is 1.78. The van der Waals surface area contributed by atoms with Gasteiger partial charge in [-0.15, -0.1) is 0 Å². The molecule has 23 heavy (non-hydrogen) atoms. The third-order valence-corrected chi connectivity index (χ3v) is 4.62. The quantitative estimate of drug-likeness (QED) is 0.926. The number of para-hydroxylation sites is 2. The molecule has 2 aliphatic heterocycles. The Morgan fingerprint density at radius 2 is 1.87 bits per heavy atom. The maximum absolute atomic E-state index is 12.6. The van der Waals surface area contributed by atoms with Crippen LogP contribution in [-0.2, 0) is 12.8 Å². The number of urea groups is 1. The van der Waals surface area contributed by atoms with Crippen molar-refractivity contribution < 1.29 is 9.53 Å². The third-order valence-electron chi connectivity index (χ3n) is 4.62. The Hall–Kier alpha value is -2.49. The summed E-state index contributed by atoms with van der Waals surface area (Å²) in [5.74, 6) is 0.937. The monoisotopic (exact) mass is 308 g/mol. The summed E-state index contributed by atoms with van der Waals surface area (Å²) in [4.78, 5) is 14.5. The van der Waals surface area contributed by atoms with Gasteiger partial charge in [-0.05, 0) is 36.6 Å². The van der Waals surface area contributed by atoms with Crippen LogP contribution in [0.5, 0.6) is 5.75 Å². The van der Waals surface area contributed by atoms with Crippen LogP contribution in [0.25, 0.3) is 0 Å². The molecule has 0 aromatic heterocycles. The fourth-order valence-electron chi connectivity index (χ4n) is 3.53. The van der Waals surface area contributed by atoms with E-state index in [9.17, 15) is 4.79 Å². The lowest BCUT2D eigenvalue weighted by molar-refractivity contribution is 0.216. The number of carbonyl (C=O) groups excluding carboxylic acids is 1. The average molecular weight is 308 g/mol. The maximum atomic E-state index is 12.6. The molecule has 2 unspecified atom stereocenters. The first-order chi connectivity index (χ1) is 11.2. The molecule has 0 saturated carbocycles. The van der Waals surface area contributed by atoms with Gasteiger partial charge in [0.1, 0.15) is 11.9 Å². The Balaban J connectivity index is 1.40. The van der Waals surface area contributed by atoms with Crippen molar-refractivity contribution in [2.45, 2.75) is 31.9 Å². The minimum atomic E-state index is -0.0398. The lowest BCUT2D eigenvalue weighted by atomic mass is 10.1. The van der Waals surface area contributed by atoms with Crippen molar-refractivity contribution in [1.82, 2.24) is 5.32 Å². The Bertz CT molecular complexity index is 719. The van der Waals surface area contributed by atoms with Crippen LogP contribution in [0.15, 0.2) is 48.5 Å². The molecule has 2 heterocycles. The Kier molecular flexibility index (Phi) is 3.45. The fraction of sp³-hybridized carbons (Fsp3) is 0.316. The van der Waals surface area contributed by atoms with Crippen LogP contribution in [-0.4, -0.2) is 24.7 Å². The minimum absolute atomic E-state index is 0.0181. The number of hydrogen-bond donors (Lipinski definition) is 1. The summed E-state index contributed by atoms with van der Waals surface area (Å²) in [6.45, 7) is 2.61. The van der Waals surface area contributed by atoms with Crippen molar-refractivity contribution in [2.75, 3.05) is 11.4 Å². The highest BCUT2D eigenvalue weighted by molar-refractivity contribution is 5.94. The van der Waals surface area contributed by atoms with Crippen LogP contribution in [0.3, 0.4) is 0 Å². The van der Waals surface area contributed by atoms with Gasteiger partial charge in [-0.3, -0.25) is 4.90 Å². The van der Waals surface area contributed by atoms with Crippen molar-refractivity contribution in [3.05, 3.63) is 59.7 Å². The number of hydrogen-bond acceptors (Lipinski definition) is 2. The molecule has 4 heteroatoms. The van der Waals surface area contributed by atoms with Gasteiger partial charge in [0, 0.05) is 18.2 Å². The summed E-state index contributed by atoms with van der Waals surface area (Å²) in [6, 6.07) is 16.3. The molecule has 2 amide bonds. The summed E-state index contributed by atoms with van der Waals surface area (Å²) in [5.41, 5.74) is 3.47. The second kappa shape index (κ2) is 5.61. The van der Waals surface area contributed by atoms with E-state index >= 15 is 0 Å². The minimum Gasteiger partial charge on any atom is -0.488 e. The molecule has 118 valence electrons. The highest BCUT2D eigenvalue weighted by atomic mass is 16.5. The van der Waals surface area contributed by atoms with Crippen LogP contribution < -0.4 is 15.0 Å². The Morgan fingerprint density at radius 1 is 1.13 bits per heavy atom. The second-order valence-electron chi connectivity index (χ2n) is 6.29. The van der Waals surface area contributed by atoms with Gasteiger partial charge in [-0.25, -0.2) is 4.79 Å². The van der Waals surface area contributed by atoms with Crippen LogP contribution in [0.1, 0.15) is 18.1 Å². The van der Waals surface area contributed by atoms with Gasteiger partial charge < -0.3 is 10.1 Å². The van der Waals surface area contributed by atoms with Crippen molar-refractivity contribution >= 4 is 11.7 Å². The number of anilines is 1. The van der Waals surface area contributed by atoms with E-state index in [1.54, 1.807) is 0 Å².